The molecule has 0 aliphatic heterocycles. The number of benzene rings is 1. The Morgan fingerprint density at radius 1 is 1.06 bits per heavy atom. The Bertz CT molecular complexity index is 285. The van der Waals surface area contributed by atoms with E-state index in [-0.39, 0.29) is 0 Å². The molecule has 1 nitrogen and oxygen atoms in total. The minimum Gasteiger partial charge on any atom is -0.396 e. The van der Waals surface area contributed by atoms with E-state index in [0.29, 0.717) is 12.5 Å². The molecule has 1 atom stereocenters. The maximum Gasteiger partial charge on any atom is 0.0459 e. The van der Waals surface area contributed by atoms with E-state index in [1.54, 1.807) is 0 Å². The normalized spacial score (nSPS) is 12.6. The maximum absolute atomic E-state index is 9.09. The van der Waals surface area contributed by atoms with Crippen LogP contribution in [0.15, 0.2) is 24.3 Å². The van der Waals surface area contributed by atoms with Crippen LogP contribution in [0.5, 0.6) is 0 Å². The average Bonchev–Trinajstić information content (AvgIpc) is 2.36. The van der Waals surface area contributed by atoms with Crippen LogP contribution in [-0.4, -0.2) is 11.7 Å². The molecule has 1 aromatic carbocycles. The fourth-order valence-electron chi connectivity index (χ4n) is 2.12. The van der Waals surface area contributed by atoms with Gasteiger partial charge in [-0.25, -0.2) is 0 Å². The van der Waals surface area contributed by atoms with E-state index < -0.39 is 0 Å². The molecule has 0 aromatic heterocycles. The molecule has 0 radical (unpaired) electrons. The third kappa shape index (κ3) is 5.88. The Morgan fingerprint density at radius 2 is 1.76 bits per heavy atom. The van der Waals surface area contributed by atoms with Gasteiger partial charge in [-0.3, -0.25) is 0 Å². The lowest BCUT2D eigenvalue weighted by Gasteiger charge is -2.10. The van der Waals surface area contributed by atoms with Gasteiger partial charge in [0.25, 0.3) is 0 Å². The van der Waals surface area contributed by atoms with Crippen LogP contribution in [0.25, 0.3) is 0 Å². The summed E-state index contributed by atoms with van der Waals surface area (Å²) in [5.41, 5.74) is 2.78. The van der Waals surface area contributed by atoms with Gasteiger partial charge < -0.3 is 5.11 Å². The number of hydrogen-bond acceptors (Lipinski definition) is 1. The molecule has 0 spiro atoms. The molecule has 0 amide bonds. The highest BCUT2D eigenvalue weighted by atomic mass is 16.3. The predicted octanol–water partition coefficient (Wildman–Crippen LogP) is 4.12. The molecule has 1 rings (SSSR count). The number of hydrogen-bond donors (Lipinski definition) is 1. The fraction of sp³-hybridized carbons (Fsp3) is 0.625. The van der Waals surface area contributed by atoms with Crippen molar-refractivity contribution >= 4 is 0 Å². The van der Waals surface area contributed by atoms with E-state index in [9.17, 15) is 0 Å². The van der Waals surface area contributed by atoms with Crippen LogP contribution in [0.2, 0.25) is 0 Å². The largest absolute Gasteiger partial charge is 0.396 e. The summed E-state index contributed by atoms with van der Waals surface area (Å²) in [4.78, 5) is 0. The van der Waals surface area contributed by atoms with Gasteiger partial charge in [-0.15, -0.1) is 0 Å². The molecule has 0 saturated heterocycles. The number of unbranched alkanes of at least 4 members (excludes halogenated alkanes) is 2. The maximum atomic E-state index is 9.09. The Kier molecular flexibility index (Phi) is 6.95. The van der Waals surface area contributed by atoms with Crippen molar-refractivity contribution in [1.82, 2.24) is 0 Å². The second-order valence-electron chi connectivity index (χ2n) is 5.04. The molecular formula is C16H26O. The van der Waals surface area contributed by atoms with Gasteiger partial charge in [-0.1, -0.05) is 56.0 Å². The molecule has 1 heteroatoms. The number of aryl methyl sites for hydroxylation is 2. The third-order valence-electron chi connectivity index (χ3n) is 3.53. The van der Waals surface area contributed by atoms with Crippen molar-refractivity contribution in [2.75, 3.05) is 6.61 Å². The fourth-order valence-corrected chi connectivity index (χ4v) is 2.12. The Labute approximate surface area is 106 Å². The van der Waals surface area contributed by atoms with E-state index in [2.05, 4.69) is 38.1 Å². The second-order valence-corrected chi connectivity index (χ2v) is 5.04. The van der Waals surface area contributed by atoms with E-state index >= 15 is 0 Å². The summed E-state index contributed by atoms with van der Waals surface area (Å²) in [7, 11) is 0. The van der Waals surface area contributed by atoms with Gasteiger partial charge in [0.05, 0.1) is 0 Å². The molecule has 1 aromatic rings. The highest BCUT2D eigenvalue weighted by molar-refractivity contribution is 5.21. The first-order chi connectivity index (χ1) is 8.26. The van der Waals surface area contributed by atoms with Crippen LogP contribution in [0, 0.1) is 12.8 Å². The summed E-state index contributed by atoms with van der Waals surface area (Å²) in [6.07, 6.45) is 7.28. The molecule has 0 bridgehead atoms. The van der Waals surface area contributed by atoms with Gasteiger partial charge in [0, 0.05) is 6.61 Å². The first kappa shape index (κ1) is 14.2. The summed E-state index contributed by atoms with van der Waals surface area (Å²) < 4.78 is 0. The monoisotopic (exact) mass is 234 g/mol. The lowest BCUT2D eigenvalue weighted by Crippen LogP contribution is -2.04. The zero-order chi connectivity index (χ0) is 12.5. The van der Waals surface area contributed by atoms with Gasteiger partial charge in [0.2, 0.25) is 0 Å². The van der Waals surface area contributed by atoms with Crippen LogP contribution in [-0.2, 0) is 6.42 Å². The first-order valence-corrected chi connectivity index (χ1v) is 6.92. The van der Waals surface area contributed by atoms with Crippen molar-refractivity contribution < 1.29 is 5.11 Å². The smallest absolute Gasteiger partial charge is 0.0459 e. The number of rotatable bonds is 8. The standard InChI is InChI=1S/C16H26O/c1-3-15(13-17)7-5-4-6-8-16-11-9-14(2)10-12-16/h9-12,15,17H,3-8,13H2,1-2H3. The first-order valence-electron chi connectivity index (χ1n) is 6.92. The van der Waals surface area contributed by atoms with Gasteiger partial charge >= 0.3 is 0 Å². The van der Waals surface area contributed by atoms with Gasteiger partial charge in [0.1, 0.15) is 0 Å². The zero-order valence-corrected chi connectivity index (χ0v) is 11.3. The zero-order valence-electron chi connectivity index (χ0n) is 11.3. The minimum absolute atomic E-state index is 0.356. The van der Waals surface area contributed by atoms with E-state index in [0.717, 1.165) is 6.42 Å². The summed E-state index contributed by atoms with van der Waals surface area (Å²) >= 11 is 0. The van der Waals surface area contributed by atoms with Crippen LogP contribution in [0.1, 0.15) is 50.2 Å². The predicted molar refractivity (Wildman–Crippen MR) is 74.2 cm³/mol. The van der Waals surface area contributed by atoms with Crippen LogP contribution < -0.4 is 0 Å². The highest BCUT2D eigenvalue weighted by Gasteiger charge is 2.03. The molecule has 0 saturated carbocycles. The Morgan fingerprint density at radius 3 is 2.35 bits per heavy atom. The molecule has 0 fully saturated rings. The van der Waals surface area contributed by atoms with Crippen molar-refractivity contribution in [3.8, 4) is 0 Å². The molecule has 1 N–H and O–H groups in total. The second kappa shape index (κ2) is 8.30. The summed E-state index contributed by atoms with van der Waals surface area (Å²) in [5, 5.41) is 9.09. The van der Waals surface area contributed by atoms with Gasteiger partial charge in [0.15, 0.2) is 0 Å². The molecular weight excluding hydrogens is 208 g/mol. The topological polar surface area (TPSA) is 20.2 Å². The lowest BCUT2D eigenvalue weighted by atomic mass is 9.98. The quantitative estimate of drug-likeness (QED) is 0.671. The van der Waals surface area contributed by atoms with Crippen molar-refractivity contribution in [2.45, 2.75) is 52.4 Å². The van der Waals surface area contributed by atoms with Crippen LogP contribution >= 0.6 is 0 Å². The highest BCUT2D eigenvalue weighted by Crippen LogP contribution is 2.14. The molecule has 17 heavy (non-hydrogen) atoms. The summed E-state index contributed by atoms with van der Waals surface area (Å²) in [5.74, 6) is 0.523. The molecule has 0 heterocycles. The molecule has 0 aliphatic carbocycles. The van der Waals surface area contributed by atoms with Gasteiger partial charge in [-0.2, -0.15) is 0 Å². The van der Waals surface area contributed by atoms with Crippen molar-refractivity contribution in [2.24, 2.45) is 5.92 Å². The SMILES string of the molecule is CCC(CO)CCCCCc1ccc(C)cc1. The minimum atomic E-state index is 0.356. The molecule has 96 valence electrons. The van der Waals surface area contributed by atoms with Crippen molar-refractivity contribution in [1.29, 1.82) is 0 Å². The average molecular weight is 234 g/mol. The lowest BCUT2D eigenvalue weighted by molar-refractivity contribution is 0.211. The third-order valence-corrected chi connectivity index (χ3v) is 3.53. The van der Waals surface area contributed by atoms with Crippen LogP contribution in [0.3, 0.4) is 0 Å². The Balaban J connectivity index is 2.10. The van der Waals surface area contributed by atoms with Crippen molar-refractivity contribution in [3.63, 3.8) is 0 Å². The summed E-state index contributed by atoms with van der Waals surface area (Å²) in [6.45, 7) is 4.64. The van der Waals surface area contributed by atoms with Crippen LogP contribution in [0.4, 0.5) is 0 Å². The van der Waals surface area contributed by atoms with Crippen molar-refractivity contribution in [3.05, 3.63) is 35.4 Å². The van der Waals surface area contributed by atoms with E-state index in [4.69, 9.17) is 5.11 Å². The molecule has 1 unspecified atom stereocenters. The number of aliphatic hydroxyl groups is 1. The summed E-state index contributed by atoms with van der Waals surface area (Å²) in [6, 6.07) is 8.85. The van der Waals surface area contributed by atoms with E-state index in [1.165, 1.54) is 43.2 Å². The number of aliphatic hydroxyl groups excluding tert-OH is 1. The van der Waals surface area contributed by atoms with E-state index in [1.807, 2.05) is 0 Å². The Hall–Kier alpha value is -0.820. The molecule has 0 aliphatic rings. The van der Waals surface area contributed by atoms with Gasteiger partial charge in [-0.05, 0) is 37.7 Å².